The van der Waals surface area contributed by atoms with E-state index in [2.05, 4.69) is 30.9 Å². The van der Waals surface area contributed by atoms with E-state index in [0.29, 0.717) is 17.2 Å². The van der Waals surface area contributed by atoms with Gasteiger partial charge in [-0.05, 0) is 12.1 Å². The van der Waals surface area contributed by atoms with Gasteiger partial charge in [0.15, 0.2) is 5.82 Å². The van der Waals surface area contributed by atoms with E-state index >= 15 is 0 Å². The molecule has 8 heteroatoms. The minimum absolute atomic E-state index is 0.262. The van der Waals surface area contributed by atoms with Crippen LogP contribution in [0.25, 0.3) is 0 Å². The van der Waals surface area contributed by atoms with Crippen LogP contribution in [0.5, 0.6) is 0 Å². The van der Waals surface area contributed by atoms with Crippen LogP contribution in [0.4, 0.5) is 5.82 Å². The Bertz CT molecular complexity index is 496. The zero-order valence-corrected chi connectivity index (χ0v) is 8.84. The molecule has 0 aliphatic heterocycles. The predicted molar refractivity (Wildman–Crippen MR) is 59.6 cm³/mol. The number of H-pyrrole nitrogens is 1. The van der Waals surface area contributed by atoms with Crippen molar-refractivity contribution >= 4 is 11.7 Å². The van der Waals surface area contributed by atoms with Crippen LogP contribution < -0.4 is 16.6 Å². The van der Waals surface area contributed by atoms with Gasteiger partial charge in [-0.25, -0.2) is 15.8 Å². The number of nitrogens with one attached hydrogen (secondary N) is 3. The van der Waals surface area contributed by atoms with Crippen LogP contribution in [-0.4, -0.2) is 26.1 Å². The normalized spacial score (nSPS) is 9.94. The molecule has 2 aromatic heterocycles. The molecule has 5 N–H and O–H groups in total. The first-order chi connectivity index (χ1) is 8.31. The minimum Gasteiger partial charge on any atom is -0.345 e. The van der Waals surface area contributed by atoms with E-state index in [4.69, 9.17) is 5.84 Å². The Balaban J connectivity index is 2.04. The number of carbonyl (C=O) groups is 1. The van der Waals surface area contributed by atoms with Crippen molar-refractivity contribution in [2.75, 3.05) is 5.43 Å². The Hall–Kier alpha value is -2.48. The van der Waals surface area contributed by atoms with Crippen molar-refractivity contribution in [3.05, 3.63) is 36.0 Å². The highest BCUT2D eigenvalue weighted by molar-refractivity contribution is 5.98. The second kappa shape index (κ2) is 5.03. The number of pyridine rings is 1. The van der Waals surface area contributed by atoms with Crippen molar-refractivity contribution in [2.45, 2.75) is 6.54 Å². The summed E-state index contributed by atoms with van der Waals surface area (Å²) < 4.78 is 0. The van der Waals surface area contributed by atoms with Crippen molar-refractivity contribution in [3.8, 4) is 0 Å². The van der Waals surface area contributed by atoms with Crippen molar-refractivity contribution in [3.63, 3.8) is 0 Å². The van der Waals surface area contributed by atoms with E-state index < -0.39 is 0 Å². The third-order valence-corrected chi connectivity index (χ3v) is 2.07. The monoisotopic (exact) mass is 233 g/mol. The Morgan fingerprint density at radius 3 is 3.06 bits per heavy atom. The first kappa shape index (κ1) is 11.0. The number of aromatic nitrogens is 4. The average molecular weight is 233 g/mol. The molecule has 0 aromatic carbocycles. The van der Waals surface area contributed by atoms with Crippen LogP contribution in [0.2, 0.25) is 0 Å². The number of amides is 1. The van der Waals surface area contributed by atoms with Crippen molar-refractivity contribution in [1.29, 1.82) is 0 Å². The van der Waals surface area contributed by atoms with Gasteiger partial charge in [-0.3, -0.25) is 9.89 Å². The standard InChI is InChI=1S/C9H11N7O/c10-15-8-6(2-1-3-11-8)9(17)12-4-7-13-5-14-16-7/h1-3,5H,4,10H2,(H,11,15)(H,12,17)(H,13,14,16). The van der Waals surface area contributed by atoms with Gasteiger partial charge in [0.1, 0.15) is 12.2 Å². The lowest BCUT2D eigenvalue weighted by Crippen LogP contribution is -2.25. The number of aromatic amines is 1. The smallest absolute Gasteiger partial charge is 0.255 e. The Morgan fingerprint density at radius 1 is 1.47 bits per heavy atom. The van der Waals surface area contributed by atoms with Gasteiger partial charge in [-0.15, -0.1) is 0 Å². The predicted octanol–water partition coefficient (Wildman–Crippen LogP) is -0.585. The summed E-state index contributed by atoms with van der Waals surface area (Å²) in [4.78, 5) is 19.6. The van der Waals surface area contributed by atoms with Crippen LogP contribution in [0.1, 0.15) is 16.2 Å². The first-order valence-corrected chi connectivity index (χ1v) is 4.85. The van der Waals surface area contributed by atoms with Gasteiger partial charge >= 0.3 is 0 Å². The van der Waals surface area contributed by atoms with E-state index in [0.717, 1.165) is 0 Å². The summed E-state index contributed by atoms with van der Waals surface area (Å²) in [7, 11) is 0. The van der Waals surface area contributed by atoms with Gasteiger partial charge in [0.05, 0.1) is 12.1 Å². The Labute approximate surface area is 96.6 Å². The summed E-state index contributed by atoms with van der Waals surface area (Å²) in [5.74, 6) is 5.86. The third-order valence-electron chi connectivity index (χ3n) is 2.07. The fraction of sp³-hybridized carbons (Fsp3) is 0.111. The fourth-order valence-corrected chi connectivity index (χ4v) is 1.28. The van der Waals surface area contributed by atoms with Gasteiger partial charge in [-0.1, -0.05) is 0 Å². The van der Waals surface area contributed by atoms with Crippen molar-refractivity contribution in [2.24, 2.45) is 5.84 Å². The molecule has 17 heavy (non-hydrogen) atoms. The highest BCUT2D eigenvalue weighted by Crippen LogP contribution is 2.09. The van der Waals surface area contributed by atoms with Crippen LogP contribution in [0.3, 0.4) is 0 Å². The molecule has 2 aromatic rings. The van der Waals surface area contributed by atoms with E-state index in [1.165, 1.54) is 6.33 Å². The second-order valence-electron chi connectivity index (χ2n) is 3.16. The van der Waals surface area contributed by atoms with E-state index in [1.54, 1.807) is 18.3 Å². The molecule has 8 nitrogen and oxygen atoms in total. The van der Waals surface area contributed by atoms with Crippen LogP contribution in [0.15, 0.2) is 24.7 Å². The quantitative estimate of drug-likeness (QED) is 0.414. The summed E-state index contributed by atoms with van der Waals surface area (Å²) in [6, 6.07) is 3.28. The lowest BCUT2D eigenvalue weighted by molar-refractivity contribution is 0.0950. The maximum atomic E-state index is 11.8. The van der Waals surface area contributed by atoms with E-state index in [1.807, 2.05) is 0 Å². The zero-order valence-electron chi connectivity index (χ0n) is 8.84. The molecule has 1 amide bonds. The highest BCUT2D eigenvalue weighted by Gasteiger charge is 2.11. The second-order valence-corrected chi connectivity index (χ2v) is 3.16. The number of nitrogen functional groups attached to an aromatic ring is 1. The zero-order chi connectivity index (χ0) is 12.1. The number of anilines is 1. The molecular weight excluding hydrogens is 222 g/mol. The molecular formula is C9H11N7O. The average Bonchev–Trinajstić information content (AvgIpc) is 2.89. The molecule has 0 aliphatic rings. The molecule has 88 valence electrons. The SMILES string of the molecule is NNc1ncccc1C(=O)NCc1ncn[nH]1. The van der Waals surface area contributed by atoms with Gasteiger partial charge in [-0.2, -0.15) is 5.10 Å². The fourth-order valence-electron chi connectivity index (χ4n) is 1.28. The van der Waals surface area contributed by atoms with Gasteiger partial charge in [0, 0.05) is 6.20 Å². The molecule has 2 rings (SSSR count). The summed E-state index contributed by atoms with van der Waals surface area (Å²) >= 11 is 0. The number of carbonyl (C=O) groups excluding carboxylic acids is 1. The summed E-state index contributed by atoms with van der Waals surface area (Å²) in [6.45, 7) is 0.262. The van der Waals surface area contributed by atoms with E-state index in [9.17, 15) is 4.79 Å². The molecule has 2 heterocycles. The number of hydrazine groups is 1. The summed E-state index contributed by atoms with van der Waals surface area (Å²) in [6.07, 6.45) is 2.92. The van der Waals surface area contributed by atoms with Gasteiger partial charge < -0.3 is 10.7 Å². The number of hydrogen-bond acceptors (Lipinski definition) is 6. The molecule has 0 fully saturated rings. The highest BCUT2D eigenvalue weighted by atomic mass is 16.1. The molecule has 0 unspecified atom stereocenters. The lowest BCUT2D eigenvalue weighted by atomic mass is 10.2. The summed E-state index contributed by atoms with van der Waals surface area (Å²) in [5.41, 5.74) is 2.73. The van der Waals surface area contributed by atoms with Crippen molar-refractivity contribution in [1.82, 2.24) is 25.5 Å². The van der Waals surface area contributed by atoms with E-state index in [-0.39, 0.29) is 12.5 Å². The topological polar surface area (TPSA) is 122 Å². The lowest BCUT2D eigenvalue weighted by Gasteiger charge is -2.07. The molecule has 0 saturated carbocycles. The summed E-state index contributed by atoms with van der Waals surface area (Å²) in [5, 5.41) is 8.98. The molecule has 0 saturated heterocycles. The number of hydrogen-bond donors (Lipinski definition) is 4. The van der Waals surface area contributed by atoms with Gasteiger partial charge in [0.2, 0.25) is 0 Å². The maximum absolute atomic E-state index is 11.8. The third kappa shape index (κ3) is 2.55. The van der Waals surface area contributed by atoms with Crippen LogP contribution >= 0.6 is 0 Å². The number of nitrogens with two attached hydrogens (primary N) is 1. The van der Waals surface area contributed by atoms with Crippen molar-refractivity contribution < 1.29 is 4.79 Å². The van der Waals surface area contributed by atoms with Crippen LogP contribution in [-0.2, 0) is 6.54 Å². The molecule has 0 radical (unpaired) electrons. The van der Waals surface area contributed by atoms with Gasteiger partial charge in [0.25, 0.3) is 5.91 Å². The molecule has 0 atom stereocenters. The van der Waals surface area contributed by atoms with Crippen LogP contribution in [0, 0.1) is 0 Å². The maximum Gasteiger partial charge on any atom is 0.255 e. The largest absolute Gasteiger partial charge is 0.345 e. The first-order valence-electron chi connectivity index (χ1n) is 4.85. The molecule has 0 spiro atoms. The Morgan fingerprint density at radius 2 is 2.35 bits per heavy atom. The minimum atomic E-state index is -0.289. The Kier molecular flexibility index (Phi) is 3.26. The number of nitrogens with zero attached hydrogens (tertiary/aromatic N) is 3. The molecule has 0 bridgehead atoms. The molecule has 0 aliphatic carbocycles. The number of rotatable bonds is 4.